The van der Waals surface area contributed by atoms with Crippen LogP contribution in [0.5, 0.6) is 0 Å². The van der Waals surface area contributed by atoms with Gasteiger partial charge in [-0.3, -0.25) is 0 Å². The maximum absolute atomic E-state index is 4.14. The van der Waals surface area contributed by atoms with Crippen LogP contribution in [0.25, 0.3) is 0 Å². The first-order valence-corrected chi connectivity index (χ1v) is 4.59. The molecule has 66 valence electrons. The molecule has 1 aromatic carbocycles. The lowest BCUT2D eigenvalue weighted by Crippen LogP contribution is -1.94. The third-order valence-electron chi connectivity index (χ3n) is 2.26. The molecule has 0 bridgehead atoms. The SMILES string of the molecule is C=[N+]1N=Cc2cccc(CCC)c21. The van der Waals surface area contributed by atoms with Crippen LogP contribution in [0.3, 0.4) is 0 Å². The lowest BCUT2D eigenvalue weighted by Gasteiger charge is -1.99. The number of hydrogen-bond donors (Lipinski definition) is 0. The number of aryl methyl sites for hydroxylation is 1. The van der Waals surface area contributed by atoms with E-state index in [9.17, 15) is 0 Å². The summed E-state index contributed by atoms with van der Waals surface area (Å²) in [5.41, 5.74) is 3.69. The molecule has 13 heavy (non-hydrogen) atoms. The van der Waals surface area contributed by atoms with Crippen molar-refractivity contribution < 1.29 is 4.68 Å². The molecule has 0 fully saturated rings. The molecule has 0 saturated carbocycles. The molecule has 0 spiro atoms. The zero-order valence-electron chi connectivity index (χ0n) is 7.83. The first-order chi connectivity index (χ1) is 6.33. The molecule has 0 unspecified atom stereocenters. The average molecular weight is 173 g/mol. The van der Waals surface area contributed by atoms with Crippen molar-refractivity contribution >= 4 is 18.6 Å². The molecule has 1 aromatic rings. The second kappa shape index (κ2) is 3.13. The van der Waals surface area contributed by atoms with Crippen molar-refractivity contribution in [3.63, 3.8) is 0 Å². The summed E-state index contributed by atoms with van der Waals surface area (Å²) in [6, 6.07) is 6.30. The van der Waals surface area contributed by atoms with Gasteiger partial charge in [0.2, 0.25) is 5.69 Å². The van der Waals surface area contributed by atoms with E-state index in [1.807, 2.05) is 6.21 Å². The molecule has 0 radical (unpaired) electrons. The van der Waals surface area contributed by atoms with Crippen LogP contribution in [0.2, 0.25) is 0 Å². The minimum absolute atomic E-state index is 1.10. The molecule has 0 amide bonds. The summed E-state index contributed by atoms with van der Waals surface area (Å²) in [5, 5.41) is 4.14. The summed E-state index contributed by atoms with van der Waals surface area (Å²) in [7, 11) is 0. The van der Waals surface area contributed by atoms with Gasteiger partial charge in [0.05, 0.1) is 5.56 Å². The Balaban J connectivity index is 2.50. The number of hydrogen-bond acceptors (Lipinski definition) is 1. The van der Waals surface area contributed by atoms with Crippen LogP contribution in [0.4, 0.5) is 5.69 Å². The monoisotopic (exact) mass is 173 g/mol. The highest BCUT2D eigenvalue weighted by Crippen LogP contribution is 2.27. The van der Waals surface area contributed by atoms with Crippen molar-refractivity contribution in [2.75, 3.05) is 0 Å². The van der Waals surface area contributed by atoms with Gasteiger partial charge in [0.1, 0.15) is 6.21 Å². The molecular weight excluding hydrogens is 160 g/mol. The molecule has 2 rings (SSSR count). The fourth-order valence-corrected chi connectivity index (χ4v) is 1.69. The zero-order chi connectivity index (χ0) is 9.26. The molecule has 0 saturated heterocycles. The second-order valence-corrected chi connectivity index (χ2v) is 3.25. The van der Waals surface area contributed by atoms with E-state index in [-0.39, 0.29) is 0 Å². The van der Waals surface area contributed by atoms with Crippen molar-refractivity contribution in [1.29, 1.82) is 0 Å². The van der Waals surface area contributed by atoms with E-state index in [1.165, 1.54) is 16.8 Å². The minimum atomic E-state index is 1.10. The highest BCUT2D eigenvalue weighted by molar-refractivity contribution is 5.88. The van der Waals surface area contributed by atoms with Crippen molar-refractivity contribution in [3.05, 3.63) is 29.3 Å². The topological polar surface area (TPSA) is 15.4 Å². The summed E-state index contributed by atoms with van der Waals surface area (Å²) >= 11 is 0. The van der Waals surface area contributed by atoms with Crippen LogP contribution in [0.15, 0.2) is 23.3 Å². The van der Waals surface area contributed by atoms with Crippen LogP contribution in [-0.2, 0) is 6.42 Å². The number of rotatable bonds is 2. The lowest BCUT2D eigenvalue weighted by atomic mass is 10.0. The fraction of sp³-hybridized carbons (Fsp3) is 0.273. The molecular formula is C11H13N2+. The molecule has 2 nitrogen and oxygen atoms in total. The number of nitrogens with zero attached hydrogens (tertiary/aromatic N) is 2. The summed E-state index contributed by atoms with van der Waals surface area (Å²) < 4.78 is 1.71. The maximum atomic E-state index is 4.14. The van der Waals surface area contributed by atoms with Crippen LogP contribution >= 0.6 is 0 Å². The smallest absolute Gasteiger partial charge is 0.0651 e. The van der Waals surface area contributed by atoms with E-state index in [4.69, 9.17) is 0 Å². The van der Waals surface area contributed by atoms with E-state index >= 15 is 0 Å². The van der Waals surface area contributed by atoms with E-state index in [2.05, 4.69) is 36.9 Å². The van der Waals surface area contributed by atoms with Crippen LogP contribution in [0.1, 0.15) is 24.5 Å². The maximum Gasteiger partial charge on any atom is 0.249 e. The van der Waals surface area contributed by atoms with Crippen LogP contribution < -0.4 is 0 Å². The van der Waals surface area contributed by atoms with Gasteiger partial charge < -0.3 is 0 Å². The van der Waals surface area contributed by atoms with Gasteiger partial charge in [-0.15, -0.1) is 0 Å². The molecule has 0 N–H and O–H groups in total. The van der Waals surface area contributed by atoms with Crippen molar-refractivity contribution in [1.82, 2.24) is 0 Å². The van der Waals surface area contributed by atoms with Gasteiger partial charge >= 0.3 is 0 Å². The van der Waals surface area contributed by atoms with Gasteiger partial charge in [0.25, 0.3) is 0 Å². The van der Waals surface area contributed by atoms with Crippen LogP contribution in [-0.4, -0.2) is 17.6 Å². The Hall–Kier alpha value is -1.44. The Morgan fingerprint density at radius 2 is 2.31 bits per heavy atom. The Morgan fingerprint density at radius 1 is 1.46 bits per heavy atom. The molecule has 1 aliphatic rings. The second-order valence-electron chi connectivity index (χ2n) is 3.25. The summed E-state index contributed by atoms with van der Waals surface area (Å²) in [4.78, 5) is 0. The van der Waals surface area contributed by atoms with Crippen molar-refractivity contribution in [2.45, 2.75) is 19.8 Å². The lowest BCUT2D eigenvalue weighted by molar-refractivity contribution is -0.431. The van der Waals surface area contributed by atoms with E-state index < -0.39 is 0 Å². The van der Waals surface area contributed by atoms with Crippen molar-refractivity contribution in [2.24, 2.45) is 5.10 Å². The average Bonchev–Trinajstić information content (AvgIpc) is 2.50. The Kier molecular flexibility index (Phi) is 1.97. The molecule has 1 heterocycles. The van der Waals surface area contributed by atoms with Gasteiger partial charge in [0, 0.05) is 5.56 Å². The number of para-hydroxylation sites is 1. The fourth-order valence-electron chi connectivity index (χ4n) is 1.69. The highest BCUT2D eigenvalue weighted by Gasteiger charge is 2.21. The molecule has 1 aliphatic heterocycles. The van der Waals surface area contributed by atoms with E-state index in [1.54, 1.807) is 4.68 Å². The third kappa shape index (κ3) is 1.28. The largest absolute Gasteiger partial charge is 0.249 e. The number of fused-ring (bicyclic) bond motifs is 1. The Bertz CT molecular complexity index is 378. The van der Waals surface area contributed by atoms with Crippen molar-refractivity contribution in [3.8, 4) is 0 Å². The summed E-state index contributed by atoms with van der Waals surface area (Å²) in [6.45, 7) is 6.04. The van der Waals surface area contributed by atoms with Gasteiger partial charge in [-0.1, -0.05) is 30.2 Å². The van der Waals surface area contributed by atoms with E-state index in [0.29, 0.717) is 0 Å². The zero-order valence-corrected chi connectivity index (χ0v) is 7.83. The minimum Gasteiger partial charge on any atom is -0.0651 e. The normalized spacial score (nSPS) is 13.5. The first kappa shape index (κ1) is 8.17. The number of benzene rings is 1. The third-order valence-corrected chi connectivity index (χ3v) is 2.26. The Labute approximate surface area is 78.2 Å². The van der Waals surface area contributed by atoms with Gasteiger partial charge in [-0.05, 0) is 17.6 Å². The Morgan fingerprint density at radius 3 is 3.08 bits per heavy atom. The van der Waals surface area contributed by atoms with Gasteiger partial charge in [0.15, 0.2) is 6.72 Å². The standard InChI is InChI=1S/C11H13N2/c1-3-5-9-6-4-7-10-8-12-13(2)11(9)10/h4,6-8H,2-3,5H2,1H3/q+1. The molecule has 0 aromatic heterocycles. The van der Waals surface area contributed by atoms with Crippen LogP contribution in [0, 0.1) is 0 Å². The predicted octanol–water partition coefficient (Wildman–Crippen LogP) is 2.33. The quantitative estimate of drug-likeness (QED) is 0.610. The van der Waals surface area contributed by atoms with Gasteiger partial charge in [-0.2, -0.15) is 0 Å². The highest BCUT2D eigenvalue weighted by atomic mass is 15.4. The summed E-state index contributed by atoms with van der Waals surface area (Å²) in [6.07, 6.45) is 4.12. The molecule has 0 aliphatic carbocycles. The van der Waals surface area contributed by atoms with E-state index in [0.717, 1.165) is 12.8 Å². The number of hydrazone groups is 1. The van der Waals surface area contributed by atoms with Gasteiger partial charge in [-0.25, -0.2) is 0 Å². The first-order valence-electron chi connectivity index (χ1n) is 4.59. The summed E-state index contributed by atoms with van der Waals surface area (Å²) in [5.74, 6) is 0. The molecule has 2 heteroatoms. The molecule has 0 atom stereocenters. The predicted molar refractivity (Wildman–Crippen MR) is 55.1 cm³/mol.